The van der Waals surface area contributed by atoms with E-state index < -0.39 is 11.4 Å². The third-order valence-corrected chi connectivity index (χ3v) is 7.44. The van der Waals surface area contributed by atoms with Gasteiger partial charge in [0.1, 0.15) is 11.3 Å². The predicted molar refractivity (Wildman–Crippen MR) is 157 cm³/mol. The number of carbonyl (C=O) groups is 2. The molecular weight excluding hydrogens is 498 g/mol. The highest BCUT2D eigenvalue weighted by atomic mass is 16.4. The lowest BCUT2D eigenvalue weighted by atomic mass is 9.80. The highest BCUT2D eigenvalue weighted by molar-refractivity contribution is 5.88. The molecule has 5 heteroatoms. The monoisotopic (exact) mass is 531 g/mol. The number of aryl methyl sites for hydroxylation is 2. The van der Waals surface area contributed by atoms with Crippen LogP contribution in [0.2, 0.25) is 0 Å². The molecule has 2 N–H and O–H groups in total. The van der Waals surface area contributed by atoms with Gasteiger partial charge in [0.15, 0.2) is 0 Å². The summed E-state index contributed by atoms with van der Waals surface area (Å²) in [5, 5.41) is 13.2. The highest BCUT2D eigenvalue weighted by Crippen LogP contribution is 2.40. The third-order valence-electron chi connectivity index (χ3n) is 7.44. The first-order chi connectivity index (χ1) is 19.5. The van der Waals surface area contributed by atoms with Crippen molar-refractivity contribution in [3.8, 4) is 0 Å². The van der Waals surface area contributed by atoms with Crippen LogP contribution >= 0.6 is 0 Å². The summed E-state index contributed by atoms with van der Waals surface area (Å²) in [6.45, 7) is 0.241. The van der Waals surface area contributed by atoms with Crippen molar-refractivity contribution in [2.75, 3.05) is 0 Å². The normalized spacial score (nSPS) is 13.2. The molecule has 5 aromatic rings. The number of para-hydroxylation sites is 1. The van der Waals surface area contributed by atoms with Crippen molar-refractivity contribution in [1.82, 2.24) is 5.32 Å². The van der Waals surface area contributed by atoms with E-state index in [0.29, 0.717) is 18.6 Å². The first-order valence-corrected chi connectivity index (χ1v) is 13.6. The van der Waals surface area contributed by atoms with Gasteiger partial charge in [-0.3, -0.25) is 9.59 Å². The maximum atomic E-state index is 12.9. The van der Waals surface area contributed by atoms with Crippen LogP contribution in [0.1, 0.15) is 34.4 Å². The van der Waals surface area contributed by atoms with Gasteiger partial charge in [0.25, 0.3) is 0 Å². The van der Waals surface area contributed by atoms with Gasteiger partial charge in [-0.25, -0.2) is 0 Å². The van der Waals surface area contributed by atoms with Crippen LogP contribution in [-0.2, 0) is 41.8 Å². The molecule has 0 saturated carbocycles. The molecule has 202 valence electrons. The lowest BCUT2D eigenvalue weighted by Crippen LogP contribution is -2.43. The van der Waals surface area contributed by atoms with E-state index in [1.165, 1.54) is 11.1 Å². The number of hydrogen-bond donors (Lipinski definition) is 2. The molecule has 5 nitrogen and oxygen atoms in total. The molecule has 6 rings (SSSR count). The van der Waals surface area contributed by atoms with Gasteiger partial charge in [-0.15, -0.1) is 0 Å². The molecule has 1 aromatic heterocycles. The lowest BCUT2D eigenvalue weighted by Gasteiger charge is -2.25. The van der Waals surface area contributed by atoms with Gasteiger partial charge in [0.05, 0.1) is 18.4 Å². The fourth-order valence-corrected chi connectivity index (χ4v) is 5.41. The molecule has 4 aromatic carbocycles. The molecule has 0 saturated heterocycles. The Hall–Kier alpha value is -4.64. The molecule has 0 bridgehead atoms. The van der Waals surface area contributed by atoms with E-state index >= 15 is 0 Å². The summed E-state index contributed by atoms with van der Waals surface area (Å²) in [5.41, 5.74) is 4.75. The van der Waals surface area contributed by atoms with E-state index in [2.05, 4.69) is 66.0 Å². The van der Waals surface area contributed by atoms with Gasteiger partial charge in [-0.1, -0.05) is 103 Å². The number of rotatable bonds is 8. The largest absolute Gasteiger partial charge is 0.481 e. The number of benzene rings is 4. The van der Waals surface area contributed by atoms with Gasteiger partial charge in [0, 0.05) is 5.39 Å². The maximum Gasteiger partial charge on any atom is 0.304 e. The first-order valence-electron chi connectivity index (χ1n) is 13.6. The van der Waals surface area contributed by atoms with Crippen LogP contribution in [0.25, 0.3) is 11.0 Å². The molecule has 1 amide bonds. The molecule has 1 aliphatic carbocycles. The summed E-state index contributed by atoms with van der Waals surface area (Å²) in [6, 6.07) is 38.5. The van der Waals surface area contributed by atoms with Gasteiger partial charge in [-0.05, 0) is 60.1 Å². The highest BCUT2D eigenvalue weighted by Gasteiger charge is 2.45. The van der Waals surface area contributed by atoms with Crippen molar-refractivity contribution < 1.29 is 19.1 Å². The number of carboxylic acid groups (broad SMARTS) is 1. The number of aliphatic carboxylic acids is 1. The van der Waals surface area contributed by atoms with E-state index in [-0.39, 0.29) is 18.9 Å². The Morgan fingerprint density at radius 2 is 1.25 bits per heavy atom. The smallest absolute Gasteiger partial charge is 0.304 e. The lowest BCUT2D eigenvalue weighted by molar-refractivity contribution is -0.145. The number of carboxylic acids is 1. The molecule has 0 radical (unpaired) electrons. The number of fused-ring (bicyclic) bond motifs is 2. The van der Waals surface area contributed by atoms with Crippen LogP contribution in [-0.4, -0.2) is 17.0 Å². The Morgan fingerprint density at radius 1 is 0.725 bits per heavy atom. The summed E-state index contributed by atoms with van der Waals surface area (Å²) in [7, 11) is 0. The Bertz CT molecular complexity index is 1480. The fraction of sp³-hybridized carbons (Fsp3) is 0.200. The topological polar surface area (TPSA) is 79.5 Å². The van der Waals surface area contributed by atoms with Crippen LogP contribution in [0.15, 0.2) is 120 Å². The zero-order valence-electron chi connectivity index (χ0n) is 22.4. The maximum absolute atomic E-state index is 12.9. The van der Waals surface area contributed by atoms with E-state index in [1.54, 1.807) is 0 Å². The van der Waals surface area contributed by atoms with Crippen molar-refractivity contribution >= 4 is 22.8 Å². The second kappa shape index (κ2) is 12.5. The van der Waals surface area contributed by atoms with Crippen LogP contribution in [0, 0.1) is 5.41 Å². The summed E-state index contributed by atoms with van der Waals surface area (Å²) in [4.78, 5) is 24.4. The molecule has 1 aliphatic rings. The minimum Gasteiger partial charge on any atom is -0.481 e. The second-order valence-electron chi connectivity index (χ2n) is 10.4. The Kier molecular flexibility index (Phi) is 8.41. The molecular formula is C35H33NO4. The predicted octanol–water partition coefficient (Wildman–Crippen LogP) is 6.78. The van der Waals surface area contributed by atoms with E-state index in [4.69, 9.17) is 4.42 Å². The van der Waals surface area contributed by atoms with Crippen molar-refractivity contribution in [1.29, 1.82) is 0 Å². The zero-order chi connectivity index (χ0) is 27.8. The quantitative estimate of drug-likeness (QED) is 0.231. The van der Waals surface area contributed by atoms with Crippen LogP contribution in [0.4, 0.5) is 0 Å². The minimum absolute atomic E-state index is 0.187. The molecule has 0 atom stereocenters. The van der Waals surface area contributed by atoms with Crippen LogP contribution in [0.5, 0.6) is 0 Å². The van der Waals surface area contributed by atoms with Crippen LogP contribution in [0.3, 0.4) is 0 Å². The average molecular weight is 532 g/mol. The van der Waals surface area contributed by atoms with Crippen molar-refractivity contribution in [2.24, 2.45) is 5.41 Å². The van der Waals surface area contributed by atoms with E-state index in [0.717, 1.165) is 34.9 Å². The number of nitrogens with one attached hydrogen (secondary N) is 1. The average Bonchev–Trinajstić information content (AvgIpc) is 3.57. The summed E-state index contributed by atoms with van der Waals surface area (Å²) in [6.07, 6.45) is 2.96. The molecule has 1 heterocycles. The second-order valence-corrected chi connectivity index (χ2v) is 10.4. The van der Waals surface area contributed by atoms with Gasteiger partial charge in [-0.2, -0.15) is 0 Å². The van der Waals surface area contributed by atoms with Gasteiger partial charge >= 0.3 is 5.97 Å². The van der Waals surface area contributed by atoms with Gasteiger partial charge < -0.3 is 14.8 Å². The standard InChI is InChI=1S/C21H19NO4.C14H14/c23-19(24)12-21(10-15-6-1-2-7-16(15)11-21)20(25)22-13-17-9-14-5-3-4-8-18(14)26-17;1-3-7-13(8-4-1)11-12-14-9-5-2-6-10-14/h1-9H,10-13H2,(H,22,25)(H,23,24);1-10H,11-12H2. The number of amides is 1. The van der Waals surface area contributed by atoms with Crippen molar-refractivity contribution in [2.45, 2.75) is 38.6 Å². The Labute approximate surface area is 234 Å². The fourth-order valence-electron chi connectivity index (χ4n) is 5.41. The Balaban J connectivity index is 0.000000194. The third kappa shape index (κ3) is 6.67. The van der Waals surface area contributed by atoms with E-state index in [9.17, 15) is 14.7 Å². The zero-order valence-corrected chi connectivity index (χ0v) is 22.4. The molecule has 0 fully saturated rings. The summed E-state index contributed by atoms with van der Waals surface area (Å²) in [5.74, 6) is -0.547. The molecule has 0 unspecified atom stereocenters. The van der Waals surface area contributed by atoms with Crippen LogP contribution < -0.4 is 5.32 Å². The summed E-state index contributed by atoms with van der Waals surface area (Å²) >= 11 is 0. The molecule has 0 aliphatic heterocycles. The summed E-state index contributed by atoms with van der Waals surface area (Å²) < 4.78 is 5.73. The number of furan rings is 1. The van der Waals surface area contributed by atoms with E-state index in [1.807, 2.05) is 54.6 Å². The SMILES string of the molecule is O=C(O)CC1(C(=O)NCc2cc3ccccc3o2)Cc2ccccc2C1.c1ccc(CCc2ccccc2)cc1. The van der Waals surface area contributed by atoms with Crippen molar-refractivity contribution in [3.05, 3.63) is 143 Å². The minimum atomic E-state index is -0.961. The first kappa shape index (κ1) is 26.9. The van der Waals surface area contributed by atoms with Crippen molar-refractivity contribution in [3.63, 3.8) is 0 Å². The Morgan fingerprint density at radius 3 is 1.80 bits per heavy atom. The van der Waals surface area contributed by atoms with Gasteiger partial charge in [0.2, 0.25) is 5.91 Å². The molecule has 40 heavy (non-hydrogen) atoms. The number of carbonyl (C=O) groups excluding carboxylic acids is 1. The number of hydrogen-bond acceptors (Lipinski definition) is 3. The molecule has 0 spiro atoms.